The van der Waals surface area contributed by atoms with Gasteiger partial charge in [0.15, 0.2) is 0 Å². The molecule has 2 aromatic rings. The first kappa shape index (κ1) is 19.6. The van der Waals surface area contributed by atoms with Crippen LogP contribution in [0.3, 0.4) is 0 Å². The Hall–Kier alpha value is -0.440. The highest BCUT2D eigenvalue weighted by molar-refractivity contribution is 9.10. The van der Waals surface area contributed by atoms with E-state index in [1.54, 1.807) is 24.5 Å². The lowest BCUT2D eigenvalue weighted by Crippen LogP contribution is -2.46. The standard InChI is InChI=1S/C13H14BrN3O2S.2ClH/c14-11-9-16-8-10-2-1-3-12(13(10)11)20(18,19)17-6-4-15-5-7-17;;/h1-3,8-9,15H,4-7H2;2*1H. The Labute approximate surface area is 150 Å². The monoisotopic (exact) mass is 427 g/mol. The van der Waals surface area contributed by atoms with Crippen LogP contribution in [-0.2, 0) is 10.0 Å². The van der Waals surface area contributed by atoms with Crippen LogP contribution in [0, 0.1) is 0 Å². The fourth-order valence-corrected chi connectivity index (χ4v) is 4.77. The van der Waals surface area contributed by atoms with Crippen molar-refractivity contribution >= 4 is 61.5 Å². The third kappa shape index (κ3) is 3.55. The lowest BCUT2D eigenvalue weighted by Gasteiger charge is -2.27. The van der Waals surface area contributed by atoms with E-state index in [1.165, 1.54) is 4.31 Å². The van der Waals surface area contributed by atoms with Crippen LogP contribution < -0.4 is 5.32 Å². The number of pyridine rings is 1. The number of benzene rings is 1. The van der Waals surface area contributed by atoms with Gasteiger partial charge in [-0.1, -0.05) is 12.1 Å². The van der Waals surface area contributed by atoms with Gasteiger partial charge in [-0.05, 0) is 22.0 Å². The predicted molar refractivity (Wildman–Crippen MR) is 95.6 cm³/mol. The molecular weight excluding hydrogens is 413 g/mol. The minimum absolute atomic E-state index is 0. The Bertz CT molecular complexity index is 747. The second kappa shape index (κ2) is 7.90. The molecule has 5 nitrogen and oxygen atoms in total. The zero-order valence-electron chi connectivity index (χ0n) is 11.5. The van der Waals surface area contributed by atoms with Crippen LogP contribution in [0.4, 0.5) is 0 Å². The van der Waals surface area contributed by atoms with E-state index >= 15 is 0 Å². The fraction of sp³-hybridized carbons (Fsp3) is 0.308. The van der Waals surface area contributed by atoms with Crippen molar-refractivity contribution in [2.45, 2.75) is 4.90 Å². The Morgan fingerprint density at radius 2 is 1.82 bits per heavy atom. The first-order chi connectivity index (χ1) is 9.60. The molecule has 0 aliphatic carbocycles. The highest BCUT2D eigenvalue weighted by Crippen LogP contribution is 2.31. The molecule has 2 heterocycles. The lowest BCUT2D eigenvalue weighted by molar-refractivity contribution is 0.360. The maximum atomic E-state index is 12.8. The molecule has 1 N–H and O–H groups in total. The van der Waals surface area contributed by atoms with E-state index in [9.17, 15) is 8.42 Å². The normalized spacial score (nSPS) is 15.9. The number of nitrogens with zero attached hydrogens (tertiary/aromatic N) is 2. The quantitative estimate of drug-likeness (QED) is 0.797. The molecule has 0 bridgehead atoms. The fourth-order valence-electron chi connectivity index (χ4n) is 2.40. The third-order valence-electron chi connectivity index (χ3n) is 3.39. The molecule has 1 aromatic heterocycles. The van der Waals surface area contributed by atoms with E-state index < -0.39 is 10.0 Å². The van der Waals surface area contributed by atoms with Gasteiger partial charge in [-0.3, -0.25) is 4.98 Å². The topological polar surface area (TPSA) is 62.3 Å². The van der Waals surface area contributed by atoms with Gasteiger partial charge in [0.05, 0.1) is 4.90 Å². The predicted octanol–water partition coefficient (Wildman–Crippen LogP) is 2.43. The van der Waals surface area contributed by atoms with Crippen molar-refractivity contribution in [2.24, 2.45) is 0 Å². The molecule has 1 fully saturated rings. The minimum atomic E-state index is -3.48. The number of halogens is 3. The van der Waals surface area contributed by atoms with Crippen molar-refractivity contribution in [2.75, 3.05) is 26.2 Å². The van der Waals surface area contributed by atoms with Crippen LogP contribution in [0.1, 0.15) is 0 Å². The van der Waals surface area contributed by atoms with Gasteiger partial charge in [0.1, 0.15) is 0 Å². The third-order valence-corrected chi connectivity index (χ3v) is 5.93. The summed E-state index contributed by atoms with van der Waals surface area (Å²) in [5, 5.41) is 4.67. The molecule has 0 spiro atoms. The molecule has 1 aromatic carbocycles. The van der Waals surface area contributed by atoms with Crippen molar-refractivity contribution in [3.63, 3.8) is 0 Å². The van der Waals surface area contributed by atoms with Crippen molar-refractivity contribution in [3.8, 4) is 0 Å². The smallest absolute Gasteiger partial charge is 0.243 e. The summed E-state index contributed by atoms with van der Waals surface area (Å²) in [7, 11) is -3.48. The highest BCUT2D eigenvalue weighted by Gasteiger charge is 2.27. The Kier molecular flexibility index (Phi) is 7.04. The number of aromatic nitrogens is 1. The Morgan fingerprint density at radius 1 is 1.14 bits per heavy atom. The zero-order chi connectivity index (χ0) is 14.2. The van der Waals surface area contributed by atoms with Gasteiger partial charge in [-0.25, -0.2) is 8.42 Å². The van der Waals surface area contributed by atoms with E-state index in [0.717, 1.165) is 5.39 Å². The minimum Gasteiger partial charge on any atom is -0.314 e. The van der Waals surface area contributed by atoms with Gasteiger partial charge in [0.25, 0.3) is 0 Å². The van der Waals surface area contributed by atoms with E-state index in [0.29, 0.717) is 40.9 Å². The number of fused-ring (bicyclic) bond motifs is 1. The molecule has 0 atom stereocenters. The second-order valence-corrected chi connectivity index (χ2v) is 7.39. The van der Waals surface area contributed by atoms with Crippen molar-refractivity contribution in [1.29, 1.82) is 0 Å². The molecule has 3 rings (SSSR count). The van der Waals surface area contributed by atoms with Crippen LogP contribution >= 0.6 is 40.7 Å². The van der Waals surface area contributed by atoms with Crippen LogP contribution in [0.2, 0.25) is 0 Å². The van der Waals surface area contributed by atoms with Crippen molar-refractivity contribution in [3.05, 3.63) is 35.1 Å². The summed E-state index contributed by atoms with van der Waals surface area (Å²) in [6.45, 7) is 2.38. The van der Waals surface area contributed by atoms with Gasteiger partial charge in [-0.15, -0.1) is 24.8 Å². The number of sulfonamides is 1. The van der Waals surface area contributed by atoms with Crippen LogP contribution in [0.15, 0.2) is 40.0 Å². The second-order valence-electron chi connectivity index (χ2n) is 4.63. The molecule has 9 heteroatoms. The largest absolute Gasteiger partial charge is 0.314 e. The molecule has 0 radical (unpaired) electrons. The Balaban J connectivity index is 0.00000121. The van der Waals surface area contributed by atoms with Gasteiger partial charge < -0.3 is 5.32 Å². The number of rotatable bonds is 2. The Morgan fingerprint density at radius 3 is 2.50 bits per heavy atom. The van der Waals surface area contributed by atoms with Gasteiger partial charge >= 0.3 is 0 Å². The lowest BCUT2D eigenvalue weighted by atomic mass is 10.2. The van der Waals surface area contributed by atoms with E-state index in [1.807, 2.05) is 6.07 Å². The molecule has 0 amide bonds. The summed E-state index contributed by atoms with van der Waals surface area (Å²) in [6.07, 6.45) is 3.30. The van der Waals surface area contributed by atoms with Crippen LogP contribution in [0.25, 0.3) is 10.8 Å². The summed E-state index contributed by atoms with van der Waals surface area (Å²) < 4.78 is 27.9. The molecule has 1 saturated heterocycles. The average molecular weight is 429 g/mol. The van der Waals surface area contributed by atoms with E-state index in [4.69, 9.17) is 0 Å². The van der Waals surface area contributed by atoms with Crippen molar-refractivity contribution < 1.29 is 8.42 Å². The molecular formula is C13H16BrCl2N3O2S. The number of hydrogen-bond donors (Lipinski definition) is 1. The number of nitrogens with one attached hydrogen (secondary N) is 1. The summed E-state index contributed by atoms with van der Waals surface area (Å²) in [4.78, 5) is 4.42. The van der Waals surface area contributed by atoms with Crippen LogP contribution in [0.5, 0.6) is 0 Å². The van der Waals surface area contributed by atoms with Gasteiger partial charge in [0.2, 0.25) is 10.0 Å². The SMILES string of the molecule is Cl.Cl.O=S(=O)(c1cccc2cncc(Br)c12)N1CCNCC1. The molecule has 1 aliphatic rings. The molecule has 122 valence electrons. The van der Waals surface area contributed by atoms with E-state index in [-0.39, 0.29) is 24.8 Å². The first-order valence-corrected chi connectivity index (χ1v) is 8.57. The van der Waals surface area contributed by atoms with Gasteiger partial charge in [-0.2, -0.15) is 4.31 Å². The number of hydrogen-bond acceptors (Lipinski definition) is 4. The summed E-state index contributed by atoms with van der Waals surface area (Å²) in [5.74, 6) is 0. The van der Waals surface area contributed by atoms with Crippen LogP contribution in [-0.4, -0.2) is 43.9 Å². The van der Waals surface area contributed by atoms with Crippen molar-refractivity contribution in [1.82, 2.24) is 14.6 Å². The highest BCUT2D eigenvalue weighted by atomic mass is 79.9. The van der Waals surface area contributed by atoms with E-state index in [2.05, 4.69) is 26.2 Å². The maximum Gasteiger partial charge on any atom is 0.243 e. The zero-order valence-corrected chi connectivity index (χ0v) is 15.6. The molecule has 0 saturated carbocycles. The number of piperazine rings is 1. The molecule has 22 heavy (non-hydrogen) atoms. The maximum absolute atomic E-state index is 12.8. The molecule has 1 aliphatic heterocycles. The average Bonchev–Trinajstić information content (AvgIpc) is 2.48. The summed E-state index contributed by atoms with van der Waals surface area (Å²) in [6, 6.07) is 5.28. The first-order valence-electron chi connectivity index (χ1n) is 6.34. The summed E-state index contributed by atoms with van der Waals surface area (Å²) >= 11 is 3.41. The summed E-state index contributed by atoms with van der Waals surface area (Å²) in [5.41, 5.74) is 0. The molecule has 0 unspecified atom stereocenters. The van der Waals surface area contributed by atoms with Gasteiger partial charge in [0, 0.05) is 53.8 Å².